The summed E-state index contributed by atoms with van der Waals surface area (Å²) in [7, 11) is 0. The lowest BCUT2D eigenvalue weighted by molar-refractivity contribution is -0.118. The molecule has 1 aromatic rings. The van der Waals surface area contributed by atoms with Crippen LogP contribution in [0.25, 0.3) is 0 Å². The number of nitrogens with zero attached hydrogens (tertiary/aromatic N) is 2. The predicted molar refractivity (Wildman–Crippen MR) is 74.3 cm³/mol. The van der Waals surface area contributed by atoms with Crippen molar-refractivity contribution in [3.05, 3.63) is 28.0 Å². The zero-order chi connectivity index (χ0) is 14.4. The highest BCUT2D eigenvalue weighted by Gasteiger charge is 2.21. The van der Waals surface area contributed by atoms with Gasteiger partial charge in [0.15, 0.2) is 0 Å². The van der Waals surface area contributed by atoms with Crippen LogP contribution in [-0.2, 0) is 4.79 Å². The van der Waals surface area contributed by atoms with Crippen molar-refractivity contribution >= 4 is 35.0 Å². The normalized spacial score (nSPS) is 10.3. The molecule has 0 atom stereocenters. The van der Waals surface area contributed by atoms with Crippen LogP contribution in [0.15, 0.2) is 12.1 Å². The second-order valence-corrected chi connectivity index (χ2v) is 4.81. The number of pyridine rings is 1. The molecule has 0 saturated heterocycles. The molecule has 0 aliphatic rings. The van der Waals surface area contributed by atoms with Crippen LogP contribution in [0.2, 0.25) is 10.2 Å². The molecule has 0 saturated carbocycles. The van der Waals surface area contributed by atoms with Gasteiger partial charge in [-0.3, -0.25) is 9.59 Å². The van der Waals surface area contributed by atoms with Gasteiger partial charge in [0.1, 0.15) is 10.8 Å². The van der Waals surface area contributed by atoms with Crippen LogP contribution in [0.1, 0.15) is 30.3 Å². The second kappa shape index (κ2) is 7.31. The Balaban J connectivity index is 2.97. The van der Waals surface area contributed by atoms with Gasteiger partial charge in [0.05, 0.1) is 11.6 Å². The summed E-state index contributed by atoms with van der Waals surface area (Å²) in [5.74, 6) is -1.03. The van der Waals surface area contributed by atoms with E-state index in [9.17, 15) is 9.59 Å². The molecular formula is C12H15Cl2N3O2. The molecule has 0 aromatic carbocycles. The third-order valence-corrected chi connectivity index (χ3v) is 2.95. The zero-order valence-corrected chi connectivity index (χ0v) is 12.0. The molecule has 0 unspecified atom stereocenters. The van der Waals surface area contributed by atoms with E-state index in [-0.39, 0.29) is 22.4 Å². The fourth-order valence-corrected chi connectivity index (χ4v) is 1.84. The first-order valence-corrected chi connectivity index (χ1v) is 6.61. The van der Waals surface area contributed by atoms with Crippen molar-refractivity contribution in [3.63, 3.8) is 0 Å². The van der Waals surface area contributed by atoms with Crippen LogP contribution in [0.3, 0.4) is 0 Å². The Labute approximate surface area is 121 Å². The molecule has 19 heavy (non-hydrogen) atoms. The monoisotopic (exact) mass is 303 g/mol. The van der Waals surface area contributed by atoms with Gasteiger partial charge in [-0.2, -0.15) is 0 Å². The molecule has 5 nitrogen and oxygen atoms in total. The number of unbranched alkanes of at least 4 members (excludes halogenated alkanes) is 1. The van der Waals surface area contributed by atoms with Gasteiger partial charge >= 0.3 is 0 Å². The van der Waals surface area contributed by atoms with E-state index in [2.05, 4.69) is 4.98 Å². The van der Waals surface area contributed by atoms with Crippen molar-refractivity contribution in [2.24, 2.45) is 5.73 Å². The molecular weight excluding hydrogens is 289 g/mol. The van der Waals surface area contributed by atoms with Crippen LogP contribution in [0, 0.1) is 0 Å². The summed E-state index contributed by atoms with van der Waals surface area (Å²) >= 11 is 11.7. The summed E-state index contributed by atoms with van der Waals surface area (Å²) in [5.41, 5.74) is 5.17. The number of nitrogens with two attached hydrogens (primary N) is 1. The van der Waals surface area contributed by atoms with Crippen LogP contribution in [0.5, 0.6) is 0 Å². The second-order valence-electron chi connectivity index (χ2n) is 4.01. The molecule has 2 N–H and O–H groups in total. The molecule has 0 fully saturated rings. The average Bonchev–Trinajstić information content (AvgIpc) is 2.36. The Hall–Kier alpha value is -1.33. The number of aromatic nitrogens is 1. The Morgan fingerprint density at radius 1 is 1.37 bits per heavy atom. The molecule has 0 aliphatic carbocycles. The largest absolute Gasteiger partial charge is 0.368 e. The molecule has 0 aliphatic heterocycles. The Bertz CT molecular complexity index is 480. The molecule has 2 amide bonds. The lowest BCUT2D eigenvalue weighted by Crippen LogP contribution is -2.39. The van der Waals surface area contributed by atoms with Crippen LogP contribution < -0.4 is 5.73 Å². The number of hydrogen-bond donors (Lipinski definition) is 1. The number of carbonyl (C=O) groups excluding carboxylic acids is 2. The fourth-order valence-electron chi connectivity index (χ4n) is 1.51. The van der Waals surface area contributed by atoms with Crippen molar-refractivity contribution in [2.75, 3.05) is 13.1 Å². The first kappa shape index (κ1) is 15.7. The number of rotatable bonds is 6. The minimum absolute atomic E-state index is 0.0338. The number of amides is 2. The quantitative estimate of drug-likeness (QED) is 0.818. The minimum atomic E-state index is -0.581. The summed E-state index contributed by atoms with van der Waals surface area (Å²) in [6.45, 7) is 2.24. The van der Waals surface area contributed by atoms with E-state index in [0.717, 1.165) is 12.8 Å². The Morgan fingerprint density at radius 3 is 2.63 bits per heavy atom. The van der Waals surface area contributed by atoms with Gasteiger partial charge in [-0.1, -0.05) is 36.5 Å². The lowest BCUT2D eigenvalue weighted by atomic mass is 10.2. The van der Waals surface area contributed by atoms with Crippen molar-refractivity contribution in [1.29, 1.82) is 0 Å². The third-order valence-electron chi connectivity index (χ3n) is 2.43. The SMILES string of the molecule is CCCCN(CC(N)=O)C(=O)c1nc(Cl)ccc1Cl. The van der Waals surface area contributed by atoms with E-state index < -0.39 is 11.8 Å². The van der Waals surface area contributed by atoms with Crippen LogP contribution in [-0.4, -0.2) is 34.8 Å². The fraction of sp³-hybridized carbons (Fsp3) is 0.417. The van der Waals surface area contributed by atoms with E-state index in [1.165, 1.54) is 17.0 Å². The molecule has 1 aromatic heterocycles. The van der Waals surface area contributed by atoms with Crippen molar-refractivity contribution < 1.29 is 9.59 Å². The minimum Gasteiger partial charge on any atom is -0.368 e. The topological polar surface area (TPSA) is 76.3 Å². The number of primary amides is 1. The third kappa shape index (κ3) is 4.69. The zero-order valence-electron chi connectivity index (χ0n) is 10.5. The smallest absolute Gasteiger partial charge is 0.274 e. The van der Waals surface area contributed by atoms with Crippen LogP contribution >= 0.6 is 23.2 Å². The molecule has 0 bridgehead atoms. The van der Waals surface area contributed by atoms with Crippen molar-refractivity contribution in [1.82, 2.24) is 9.88 Å². The van der Waals surface area contributed by atoms with Crippen molar-refractivity contribution in [2.45, 2.75) is 19.8 Å². The number of carbonyl (C=O) groups is 2. The van der Waals surface area contributed by atoms with Gasteiger partial charge in [0, 0.05) is 6.54 Å². The summed E-state index contributed by atoms with van der Waals surface area (Å²) in [4.78, 5) is 28.5. The maximum Gasteiger partial charge on any atom is 0.274 e. The Kier molecular flexibility index (Phi) is 6.05. The first-order valence-electron chi connectivity index (χ1n) is 5.85. The average molecular weight is 304 g/mol. The highest BCUT2D eigenvalue weighted by atomic mass is 35.5. The summed E-state index contributed by atoms with van der Waals surface area (Å²) in [6, 6.07) is 2.98. The maximum absolute atomic E-state index is 12.3. The highest BCUT2D eigenvalue weighted by Crippen LogP contribution is 2.18. The van der Waals surface area contributed by atoms with Gasteiger partial charge in [0.2, 0.25) is 5.91 Å². The van der Waals surface area contributed by atoms with Gasteiger partial charge < -0.3 is 10.6 Å². The van der Waals surface area contributed by atoms with Crippen LogP contribution in [0.4, 0.5) is 0 Å². The van der Waals surface area contributed by atoms with E-state index in [4.69, 9.17) is 28.9 Å². The van der Waals surface area contributed by atoms with Gasteiger partial charge in [-0.25, -0.2) is 4.98 Å². The summed E-state index contributed by atoms with van der Waals surface area (Å²) < 4.78 is 0. The van der Waals surface area contributed by atoms with Gasteiger partial charge in [-0.05, 0) is 18.6 Å². The van der Waals surface area contributed by atoms with Crippen molar-refractivity contribution in [3.8, 4) is 0 Å². The molecule has 1 heterocycles. The molecule has 0 spiro atoms. The standard InChI is InChI=1S/C12H15Cl2N3O2/c1-2-3-6-17(7-10(15)18)12(19)11-8(13)4-5-9(14)16-11/h4-5H,2-3,6-7H2,1H3,(H2,15,18). The Morgan fingerprint density at radius 2 is 2.05 bits per heavy atom. The first-order chi connectivity index (χ1) is 8.95. The molecule has 104 valence electrons. The van der Waals surface area contributed by atoms with E-state index in [1.54, 1.807) is 0 Å². The maximum atomic E-state index is 12.3. The highest BCUT2D eigenvalue weighted by molar-refractivity contribution is 6.34. The summed E-state index contributed by atoms with van der Waals surface area (Å²) in [5, 5.41) is 0.364. The predicted octanol–water partition coefficient (Wildman–Crippen LogP) is 2.12. The molecule has 0 radical (unpaired) electrons. The van der Waals surface area contributed by atoms with Gasteiger partial charge in [0.25, 0.3) is 5.91 Å². The van der Waals surface area contributed by atoms with E-state index in [0.29, 0.717) is 6.54 Å². The summed E-state index contributed by atoms with van der Waals surface area (Å²) in [6.07, 6.45) is 1.65. The number of hydrogen-bond acceptors (Lipinski definition) is 3. The van der Waals surface area contributed by atoms with E-state index >= 15 is 0 Å². The molecule has 1 rings (SSSR count). The lowest BCUT2D eigenvalue weighted by Gasteiger charge is -2.20. The van der Waals surface area contributed by atoms with Gasteiger partial charge in [-0.15, -0.1) is 0 Å². The number of halogens is 2. The van der Waals surface area contributed by atoms with E-state index in [1.807, 2.05) is 6.92 Å². The molecule has 7 heteroatoms.